The van der Waals surface area contributed by atoms with Gasteiger partial charge in [-0.25, -0.2) is 5.43 Å². The summed E-state index contributed by atoms with van der Waals surface area (Å²) < 4.78 is 13.4. The molecule has 13 nitrogen and oxygen atoms in total. The maximum atomic E-state index is 14.2. The molecule has 2 fully saturated rings. The first kappa shape index (κ1) is 44.3. The van der Waals surface area contributed by atoms with Crippen molar-refractivity contribution in [2.75, 3.05) is 33.9 Å². The van der Waals surface area contributed by atoms with Crippen LogP contribution in [-0.2, 0) is 48.0 Å². The van der Waals surface area contributed by atoms with E-state index in [1.165, 1.54) is 4.90 Å². The highest BCUT2D eigenvalue weighted by atomic mass is 16.5. The van der Waals surface area contributed by atoms with E-state index in [9.17, 15) is 24.3 Å². The summed E-state index contributed by atoms with van der Waals surface area (Å²) in [5.74, 6) is -0.921. The van der Waals surface area contributed by atoms with Gasteiger partial charge in [-0.05, 0) is 111 Å². The number of carbonyl (C=O) groups excluding carboxylic acids is 4. The lowest BCUT2D eigenvalue weighted by Crippen LogP contribution is -2.59. The molecule has 0 bridgehead atoms. The number of phenolic OH excluding ortho intramolecular Hbond substituents is 1. The summed E-state index contributed by atoms with van der Waals surface area (Å²) >= 11 is 0. The average Bonchev–Trinajstić information content (AvgIpc) is 4.04. The van der Waals surface area contributed by atoms with Crippen LogP contribution in [0.15, 0.2) is 54.7 Å². The monoisotopic (exact) mass is 822 g/mol. The molecular formula is C47H62N6O7. The summed E-state index contributed by atoms with van der Waals surface area (Å²) in [6.07, 6.45) is 5.63. The number of hydrogen-bond acceptors (Lipinski definition) is 9. The number of aromatic nitrogens is 2. The number of aromatic hydroxyl groups is 1. The van der Waals surface area contributed by atoms with Crippen LogP contribution in [0.3, 0.4) is 0 Å². The highest BCUT2D eigenvalue weighted by molar-refractivity contribution is 5.96. The third-order valence-corrected chi connectivity index (χ3v) is 11.8. The minimum absolute atomic E-state index is 0.0266. The van der Waals surface area contributed by atoms with Crippen molar-refractivity contribution in [1.82, 2.24) is 30.2 Å². The van der Waals surface area contributed by atoms with Crippen LogP contribution < -0.4 is 10.7 Å². The van der Waals surface area contributed by atoms with Crippen LogP contribution in [-0.4, -0.2) is 94.7 Å². The Morgan fingerprint density at radius 3 is 2.50 bits per heavy atom. The van der Waals surface area contributed by atoms with E-state index >= 15 is 0 Å². The van der Waals surface area contributed by atoms with Gasteiger partial charge in [0.1, 0.15) is 17.8 Å². The SMILES string of the molecule is CCn1c(-c2cccnc2C(C)OC)c(CC(C)(C)COC=O)c2cc(-c3cc(O)cc(CC(NC(=O)C(C(C)C)N(C)C(=O)C4CC4)C(=O)N4CCCCN4)c3)ccc21. The Kier molecular flexibility index (Phi) is 14.0. The van der Waals surface area contributed by atoms with E-state index in [2.05, 4.69) is 54.3 Å². The molecule has 3 atom stereocenters. The Labute approximate surface area is 353 Å². The molecule has 1 saturated heterocycles. The second kappa shape index (κ2) is 19.0. The molecule has 13 heteroatoms. The Morgan fingerprint density at radius 1 is 1.08 bits per heavy atom. The van der Waals surface area contributed by atoms with Crippen molar-refractivity contribution in [3.63, 3.8) is 0 Å². The minimum Gasteiger partial charge on any atom is -0.508 e. The first-order valence-electron chi connectivity index (χ1n) is 21.3. The van der Waals surface area contributed by atoms with Crippen molar-refractivity contribution in [3.05, 3.63) is 71.5 Å². The van der Waals surface area contributed by atoms with Crippen molar-refractivity contribution in [1.29, 1.82) is 0 Å². The van der Waals surface area contributed by atoms with Gasteiger partial charge in [-0.2, -0.15) is 0 Å². The quantitative estimate of drug-likeness (QED) is 0.0943. The number of fused-ring (bicyclic) bond motifs is 1. The highest BCUT2D eigenvalue weighted by Gasteiger charge is 2.39. The number of phenols is 1. The fourth-order valence-electron chi connectivity index (χ4n) is 8.66. The number of likely N-dealkylation sites (N-methyl/N-ethyl adjacent to an activating group) is 1. The molecule has 0 spiro atoms. The average molecular weight is 823 g/mol. The van der Waals surface area contributed by atoms with Gasteiger partial charge in [-0.3, -0.25) is 29.2 Å². The van der Waals surface area contributed by atoms with E-state index in [0.717, 1.165) is 70.2 Å². The largest absolute Gasteiger partial charge is 0.508 e. The summed E-state index contributed by atoms with van der Waals surface area (Å²) in [7, 11) is 3.34. The predicted octanol–water partition coefficient (Wildman–Crippen LogP) is 6.59. The lowest BCUT2D eigenvalue weighted by atomic mass is 9.84. The number of hydrogen-bond donors (Lipinski definition) is 3. The van der Waals surface area contributed by atoms with E-state index in [1.807, 2.05) is 39.0 Å². The van der Waals surface area contributed by atoms with Gasteiger partial charge in [-0.1, -0.05) is 39.8 Å². The van der Waals surface area contributed by atoms with Crippen LogP contribution >= 0.6 is 0 Å². The summed E-state index contributed by atoms with van der Waals surface area (Å²) in [5.41, 5.74) is 9.90. The minimum atomic E-state index is -0.961. The number of amides is 3. The fraction of sp³-hybridized carbons (Fsp3) is 0.511. The first-order chi connectivity index (χ1) is 28.7. The molecule has 1 aliphatic carbocycles. The maximum Gasteiger partial charge on any atom is 0.293 e. The molecule has 2 aromatic heterocycles. The maximum absolute atomic E-state index is 14.2. The van der Waals surface area contributed by atoms with Gasteiger partial charge in [-0.15, -0.1) is 0 Å². The summed E-state index contributed by atoms with van der Waals surface area (Å²) in [6.45, 7) is 14.6. The Hall–Kier alpha value is -5.27. The third kappa shape index (κ3) is 9.84. The molecule has 1 saturated carbocycles. The molecule has 4 aromatic rings. The van der Waals surface area contributed by atoms with Crippen molar-refractivity contribution >= 4 is 35.1 Å². The van der Waals surface area contributed by atoms with Gasteiger partial charge >= 0.3 is 0 Å². The number of hydrazine groups is 1. The normalized spacial score (nSPS) is 16.1. The summed E-state index contributed by atoms with van der Waals surface area (Å²) in [5, 5.41) is 16.9. The van der Waals surface area contributed by atoms with E-state index < -0.39 is 17.5 Å². The first-order valence-corrected chi connectivity index (χ1v) is 21.3. The van der Waals surface area contributed by atoms with E-state index in [4.69, 9.17) is 14.5 Å². The molecular weight excluding hydrogens is 761 g/mol. The van der Waals surface area contributed by atoms with E-state index in [-0.39, 0.29) is 54.4 Å². The highest BCUT2D eigenvalue weighted by Crippen LogP contribution is 2.42. The Bertz CT molecular complexity index is 2190. The van der Waals surface area contributed by atoms with E-state index in [1.54, 1.807) is 37.5 Å². The second-order valence-corrected chi connectivity index (χ2v) is 17.5. The number of methoxy groups -OCH3 is 1. The molecule has 3 N–H and O–H groups in total. The van der Waals surface area contributed by atoms with Crippen molar-refractivity contribution in [2.24, 2.45) is 17.3 Å². The number of benzene rings is 2. The van der Waals surface area contributed by atoms with Gasteiger partial charge in [0.05, 0.1) is 24.1 Å². The molecule has 0 radical (unpaired) electrons. The molecule has 322 valence electrons. The number of nitrogens with zero attached hydrogens (tertiary/aromatic N) is 4. The zero-order valence-electron chi connectivity index (χ0n) is 36.4. The summed E-state index contributed by atoms with van der Waals surface area (Å²) in [4.78, 5) is 59.0. The molecule has 3 unspecified atom stereocenters. The fourth-order valence-corrected chi connectivity index (χ4v) is 8.66. The van der Waals surface area contributed by atoms with Gasteiger partial charge in [0.15, 0.2) is 0 Å². The Morgan fingerprint density at radius 2 is 1.85 bits per heavy atom. The summed E-state index contributed by atoms with van der Waals surface area (Å²) in [6, 6.07) is 13.8. The number of rotatable bonds is 18. The standard InChI is InChI=1S/C47H62N6O7/c1-9-52-40-17-16-33(25-37(40)38(26-47(5,6)27-60-28-54)43(52)36-13-12-18-48-41(36)30(4)59-8)34-21-31(22-35(55)24-34)23-39(46(58)53-20-11-10-19-49-53)50-44(56)42(29(2)3)51(7)45(57)32-14-15-32/h12-13,16-18,21-22,24-25,28-30,32,39,42,49,55H,9-11,14-15,19-20,23,26-27H2,1-8H3,(H,50,56). The molecule has 3 heterocycles. The molecule has 1 aliphatic heterocycles. The predicted molar refractivity (Wildman–Crippen MR) is 232 cm³/mol. The third-order valence-electron chi connectivity index (χ3n) is 11.8. The number of carbonyl (C=O) groups is 4. The van der Waals surface area contributed by atoms with E-state index in [0.29, 0.717) is 38.1 Å². The zero-order chi connectivity index (χ0) is 43.3. The molecule has 60 heavy (non-hydrogen) atoms. The topological polar surface area (TPSA) is 155 Å². The zero-order valence-corrected chi connectivity index (χ0v) is 36.4. The Balaban J connectivity index is 1.42. The second-order valence-electron chi connectivity index (χ2n) is 17.5. The molecule has 3 amide bonds. The van der Waals surface area contributed by atoms with Gasteiger partial charge in [0, 0.05) is 74.2 Å². The lowest BCUT2D eigenvalue weighted by molar-refractivity contribution is -0.144. The van der Waals surface area contributed by atoms with Crippen LogP contribution in [0.4, 0.5) is 0 Å². The van der Waals surface area contributed by atoms with Crippen molar-refractivity contribution in [3.8, 4) is 28.1 Å². The van der Waals surface area contributed by atoms with Gasteiger partial charge in [0.25, 0.3) is 12.4 Å². The van der Waals surface area contributed by atoms with Gasteiger partial charge < -0.3 is 29.4 Å². The van der Waals surface area contributed by atoms with Crippen LogP contribution in [0, 0.1) is 17.3 Å². The molecule has 2 aliphatic rings. The molecule has 6 rings (SSSR count). The number of ether oxygens (including phenoxy) is 2. The van der Waals surface area contributed by atoms with Crippen molar-refractivity contribution < 1.29 is 33.8 Å². The van der Waals surface area contributed by atoms with Crippen molar-refractivity contribution in [2.45, 2.75) is 105 Å². The number of aryl methyl sites for hydroxylation is 1. The van der Waals surface area contributed by atoms with Crippen LogP contribution in [0.2, 0.25) is 0 Å². The van der Waals surface area contributed by atoms with Crippen LogP contribution in [0.5, 0.6) is 5.75 Å². The smallest absolute Gasteiger partial charge is 0.293 e. The van der Waals surface area contributed by atoms with Crippen LogP contribution in [0.1, 0.15) is 90.2 Å². The number of pyridine rings is 1. The van der Waals surface area contributed by atoms with Gasteiger partial charge in [0.2, 0.25) is 11.8 Å². The lowest BCUT2D eigenvalue weighted by Gasteiger charge is -2.34. The number of nitrogens with one attached hydrogen (secondary N) is 2. The van der Waals surface area contributed by atoms with Crippen LogP contribution in [0.25, 0.3) is 33.3 Å². The molecule has 2 aromatic carbocycles.